The van der Waals surface area contributed by atoms with Crippen LogP contribution in [0, 0.1) is 0 Å². The van der Waals surface area contributed by atoms with Crippen LogP contribution in [0.5, 0.6) is 5.75 Å². The highest BCUT2D eigenvalue weighted by molar-refractivity contribution is 5.62. The van der Waals surface area contributed by atoms with Gasteiger partial charge in [0.25, 0.3) is 0 Å². The van der Waals surface area contributed by atoms with E-state index in [1.54, 1.807) is 0 Å². The van der Waals surface area contributed by atoms with Crippen molar-refractivity contribution in [3.05, 3.63) is 53.6 Å². The molecule has 0 aliphatic rings. The van der Waals surface area contributed by atoms with Gasteiger partial charge in [0.05, 0.1) is 0 Å². The maximum Gasteiger partial charge on any atom is 0.120 e. The molecule has 0 radical (unpaired) electrons. The zero-order valence-electron chi connectivity index (χ0n) is 18.7. The van der Waals surface area contributed by atoms with Crippen molar-refractivity contribution in [2.45, 2.75) is 97.3 Å². The standard InChI is InChI=1S/C27H41NO/c1-3-5-7-9-10-11-12-14-23-16-19-25(20-17-23)28-26-21-18-24(27(29)22-26)15-13-8-6-4-2/h16-22,28-29H,3-15H2,1-2H3. The molecule has 0 saturated carbocycles. The van der Waals surface area contributed by atoms with Crippen LogP contribution >= 0.6 is 0 Å². The summed E-state index contributed by atoms with van der Waals surface area (Å²) >= 11 is 0. The molecule has 2 heteroatoms. The molecule has 0 aromatic heterocycles. The second-order valence-electron chi connectivity index (χ2n) is 8.35. The van der Waals surface area contributed by atoms with Gasteiger partial charge < -0.3 is 10.4 Å². The van der Waals surface area contributed by atoms with E-state index in [9.17, 15) is 5.11 Å². The summed E-state index contributed by atoms with van der Waals surface area (Å²) < 4.78 is 0. The van der Waals surface area contributed by atoms with Crippen LogP contribution in [0.1, 0.15) is 95.6 Å². The fourth-order valence-electron chi connectivity index (χ4n) is 3.80. The van der Waals surface area contributed by atoms with Crippen LogP contribution in [-0.2, 0) is 12.8 Å². The number of hydrogen-bond donors (Lipinski definition) is 2. The first kappa shape index (κ1) is 23.3. The van der Waals surface area contributed by atoms with E-state index in [-0.39, 0.29) is 0 Å². The van der Waals surface area contributed by atoms with Gasteiger partial charge in [0.1, 0.15) is 5.75 Å². The van der Waals surface area contributed by atoms with Gasteiger partial charge >= 0.3 is 0 Å². The monoisotopic (exact) mass is 395 g/mol. The van der Waals surface area contributed by atoms with Crippen LogP contribution in [0.3, 0.4) is 0 Å². The molecule has 0 spiro atoms. The predicted molar refractivity (Wildman–Crippen MR) is 127 cm³/mol. The second-order valence-corrected chi connectivity index (χ2v) is 8.35. The number of aromatic hydroxyl groups is 1. The molecule has 160 valence electrons. The highest BCUT2D eigenvalue weighted by Gasteiger charge is 2.04. The van der Waals surface area contributed by atoms with Gasteiger partial charge in [-0.25, -0.2) is 0 Å². The summed E-state index contributed by atoms with van der Waals surface area (Å²) in [4.78, 5) is 0. The number of rotatable bonds is 15. The number of nitrogens with one attached hydrogen (secondary N) is 1. The maximum absolute atomic E-state index is 10.3. The Bertz CT molecular complexity index is 677. The summed E-state index contributed by atoms with van der Waals surface area (Å²) in [6.07, 6.45) is 16.5. The molecule has 0 aliphatic carbocycles. The molecule has 2 rings (SSSR count). The molecule has 0 saturated heterocycles. The molecule has 0 aliphatic heterocycles. The lowest BCUT2D eigenvalue weighted by Crippen LogP contribution is -1.93. The van der Waals surface area contributed by atoms with E-state index >= 15 is 0 Å². The quantitative estimate of drug-likeness (QED) is 0.296. The minimum absolute atomic E-state index is 0.405. The molecule has 0 heterocycles. The highest BCUT2D eigenvalue weighted by Crippen LogP contribution is 2.26. The fourth-order valence-corrected chi connectivity index (χ4v) is 3.80. The average Bonchev–Trinajstić information content (AvgIpc) is 2.73. The molecule has 2 N–H and O–H groups in total. The van der Waals surface area contributed by atoms with E-state index in [1.807, 2.05) is 6.07 Å². The van der Waals surface area contributed by atoms with Crippen LogP contribution in [-0.4, -0.2) is 5.11 Å². The number of benzene rings is 2. The summed E-state index contributed by atoms with van der Waals surface area (Å²) in [7, 11) is 0. The van der Waals surface area contributed by atoms with Gasteiger partial charge in [-0.1, -0.05) is 89.8 Å². The summed E-state index contributed by atoms with van der Waals surface area (Å²) in [6.45, 7) is 4.49. The lowest BCUT2D eigenvalue weighted by Gasteiger charge is -2.11. The molecule has 0 atom stereocenters. The SMILES string of the molecule is CCCCCCCCCc1ccc(Nc2ccc(CCCCCC)c(O)c2)cc1. The fraction of sp³-hybridized carbons (Fsp3) is 0.556. The number of anilines is 2. The maximum atomic E-state index is 10.3. The zero-order chi connectivity index (χ0) is 20.7. The first-order chi connectivity index (χ1) is 14.2. The molecule has 0 amide bonds. The Morgan fingerprint density at radius 1 is 0.621 bits per heavy atom. The first-order valence-corrected chi connectivity index (χ1v) is 11.9. The van der Waals surface area contributed by atoms with Crippen LogP contribution in [0.25, 0.3) is 0 Å². The van der Waals surface area contributed by atoms with Gasteiger partial charge in [0.2, 0.25) is 0 Å². The zero-order valence-corrected chi connectivity index (χ0v) is 18.7. The van der Waals surface area contributed by atoms with E-state index in [0.29, 0.717) is 5.75 Å². The molecule has 29 heavy (non-hydrogen) atoms. The van der Waals surface area contributed by atoms with Gasteiger partial charge in [-0.3, -0.25) is 0 Å². The Kier molecular flexibility index (Phi) is 11.3. The summed E-state index contributed by atoms with van der Waals surface area (Å²) in [5, 5.41) is 13.7. The number of aryl methyl sites for hydroxylation is 2. The van der Waals surface area contributed by atoms with Crippen LogP contribution in [0.4, 0.5) is 11.4 Å². The van der Waals surface area contributed by atoms with E-state index in [1.165, 1.54) is 76.2 Å². The molecule has 0 fully saturated rings. The van der Waals surface area contributed by atoms with Gasteiger partial charge in [-0.2, -0.15) is 0 Å². The summed E-state index contributed by atoms with van der Waals surface area (Å²) in [5.41, 5.74) is 4.48. The number of phenols is 1. The molecular formula is C27H41NO. The third-order valence-electron chi connectivity index (χ3n) is 5.70. The van der Waals surface area contributed by atoms with Crippen molar-refractivity contribution in [1.82, 2.24) is 0 Å². The third-order valence-corrected chi connectivity index (χ3v) is 5.70. The lowest BCUT2D eigenvalue weighted by atomic mass is 10.0. The molecule has 2 nitrogen and oxygen atoms in total. The Morgan fingerprint density at radius 3 is 1.83 bits per heavy atom. The third kappa shape index (κ3) is 9.39. The first-order valence-electron chi connectivity index (χ1n) is 11.9. The smallest absolute Gasteiger partial charge is 0.120 e. The van der Waals surface area contributed by atoms with E-state index < -0.39 is 0 Å². The lowest BCUT2D eigenvalue weighted by molar-refractivity contribution is 0.466. The Labute approximate surface area is 178 Å². The van der Waals surface area contributed by atoms with Crippen molar-refractivity contribution >= 4 is 11.4 Å². The molecule has 2 aromatic carbocycles. The van der Waals surface area contributed by atoms with Crippen LogP contribution in [0.2, 0.25) is 0 Å². The topological polar surface area (TPSA) is 32.3 Å². The van der Waals surface area contributed by atoms with Crippen LogP contribution < -0.4 is 5.32 Å². The van der Waals surface area contributed by atoms with Gasteiger partial charge in [-0.05, 0) is 55.0 Å². The van der Waals surface area contributed by atoms with Gasteiger partial charge in [0, 0.05) is 17.4 Å². The molecular weight excluding hydrogens is 354 g/mol. The van der Waals surface area contributed by atoms with Crippen molar-refractivity contribution in [2.24, 2.45) is 0 Å². The normalized spacial score (nSPS) is 11.0. The van der Waals surface area contributed by atoms with Crippen molar-refractivity contribution in [3.63, 3.8) is 0 Å². The summed E-state index contributed by atoms with van der Waals surface area (Å²) in [5.74, 6) is 0.405. The number of unbranched alkanes of at least 4 members (excludes halogenated alkanes) is 9. The molecule has 0 unspecified atom stereocenters. The van der Waals surface area contributed by atoms with Crippen molar-refractivity contribution in [1.29, 1.82) is 0 Å². The molecule has 0 bridgehead atoms. The minimum Gasteiger partial charge on any atom is -0.508 e. The number of hydrogen-bond acceptors (Lipinski definition) is 2. The van der Waals surface area contributed by atoms with Gasteiger partial charge in [-0.15, -0.1) is 0 Å². The average molecular weight is 396 g/mol. The van der Waals surface area contributed by atoms with E-state index in [0.717, 1.165) is 29.8 Å². The van der Waals surface area contributed by atoms with Gasteiger partial charge in [0.15, 0.2) is 0 Å². The second kappa shape index (κ2) is 14.1. The van der Waals surface area contributed by atoms with Crippen molar-refractivity contribution in [2.75, 3.05) is 5.32 Å². The minimum atomic E-state index is 0.405. The van der Waals surface area contributed by atoms with Crippen molar-refractivity contribution < 1.29 is 5.11 Å². The predicted octanol–water partition coefficient (Wildman–Crippen LogP) is 8.55. The Balaban J connectivity index is 1.74. The van der Waals surface area contributed by atoms with Crippen molar-refractivity contribution in [3.8, 4) is 5.75 Å². The van der Waals surface area contributed by atoms with Crippen LogP contribution in [0.15, 0.2) is 42.5 Å². The summed E-state index contributed by atoms with van der Waals surface area (Å²) in [6, 6.07) is 14.7. The highest BCUT2D eigenvalue weighted by atomic mass is 16.3. The van der Waals surface area contributed by atoms with E-state index in [2.05, 4.69) is 55.6 Å². The van der Waals surface area contributed by atoms with E-state index in [4.69, 9.17) is 0 Å². The number of phenolic OH excluding ortho intramolecular Hbond substituents is 1. The Morgan fingerprint density at radius 2 is 1.17 bits per heavy atom. The Hall–Kier alpha value is -1.96. The molecule has 2 aromatic rings. The largest absolute Gasteiger partial charge is 0.508 e.